The minimum absolute atomic E-state index is 0.00558. The number of aryl methyl sites for hydroxylation is 1. The second-order valence-electron chi connectivity index (χ2n) is 8.25. The third kappa shape index (κ3) is 5.70. The maximum absolute atomic E-state index is 13.5. The Hall–Kier alpha value is -2.74. The van der Waals surface area contributed by atoms with E-state index in [4.69, 9.17) is 0 Å². The molecule has 0 aliphatic carbocycles. The lowest BCUT2D eigenvalue weighted by molar-refractivity contribution is -0.0494. The lowest BCUT2D eigenvalue weighted by Gasteiger charge is -2.38. The number of anilines is 2. The van der Waals surface area contributed by atoms with Gasteiger partial charge in [0.1, 0.15) is 5.69 Å². The normalized spacial score (nSPS) is 15.4. The van der Waals surface area contributed by atoms with E-state index in [1.165, 1.54) is 12.3 Å². The fourth-order valence-corrected chi connectivity index (χ4v) is 3.92. The summed E-state index contributed by atoms with van der Waals surface area (Å²) in [6.45, 7) is 4.61. The predicted octanol–water partition coefficient (Wildman–Crippen LogP) is 5.25. The van der Waals surface area contributed by atoms with E-state index in [-0.39, 0.29) is 29.4 Å². The molecule has 2 amide bonds. The van der Waals surface area contributed by atoms with Crippen LogP contribution in [-0.2, 0) is 0 Å². The number of halogens is 2. The van der Waals surface area contributed by atoms with Crippen molar-refractivity contribution in [2.75, 3.05) is 30.4 Å². The van der Waals surface area contributed by atoms with Crippen molar-refractivity contribution in [2.45, 2.75) is 52.2 Å². The van der Waals surface area contributed by atoms with E-state index < -0.39 is 6.61 Å². The second-order valence-corrected chi connectivity index (χ2v) is 8.25. The number of hydrogen-bond acceptors (Lipinski definition) is 4. The Kier molecular flexibility index (Phi) is 7.43. The second kappa shape index (κ2) is 10.0. The lowest BCUT2D eigenvalue weighted by atomic mass is 9.97. The molecule has 1 aliphatic heterocycles. The predicted molar refractivity (Wildman–Crippen MR) is 118 cm³/mol. The van der Waals surface area contributed by atoms with E-state index in [2.05, 4.69) is 40.8 Å². The molecule has 1 aromatic carbocycles. The molecule has 0 radical (unpaired) electrons. The van der Waals surface area contributed by atoms with Crippen LogP contribution < -0.4 is 15.0 Å². The maximum atomic E-state index is 13.5. The number of carbonyl (C=O) groups is 1. The Morgan fingerprint density at radius 1 is 1.26 bits per heavy atom. The number of nitrogens with one attached hydrogen (secondary N) is 1. The smallest absolute Gasteiger partial charge is 0.387 e. The van der Waals surface area contributed by atoms with Gasteiger partial charge in [0, 0.05) is 23.5 Å². The van der Waals surface area contributed by atoms with Crippen LogP contribution in [0.5, 0.6) is 5.75 Å². The van der Waals surface area contributed by atoms with Gasteiger partial charge in [-0.1, -0.05) is 32.0 Å². The van der Waals surface area contributed by atoms with Gasteiger partial charge in [-0.25, -0.2) is 4.79 Å². The number of piperidine rings is 1. The monoisotopic (exact) mass is 432 g/mol. The largest absolute Gasteiger partial charge is 0.432 e. The van der Waals surface area contributed by atoms with Crippen LogP contribution in [0.4, 0.5) is 25.0 Å². The van der Waals surface area contributed by atoms with Gasteiger partial charge in [-0.2, -0.15) is 8.78 Å². The standard InChI is InChI=1S/C23H30F2N4O2/c1-15(2)18-7-5-6-8-20(18)29(17-9-11-28(4)12-10-17)23(30)27-19-14-26-16(3)13-21(19)31-22(24)25/h5-8,13-15,17,22H,9-12H2,1-4H3,(H,27,30). The third-order valence-corrected chi connectivity index (χ3v) is 5.55. The summed E-state index contributed by atoms with van der Waals surface area (Å²) in [4.78, 5) is 21.7. The molecule has 2 heterocycles. The number of alkyl halides is 2. The molecule has 0 atom stereocenters. The highest BCUT2D eigenvalue weighted by molar-refractivity contribution is 6.03. The molecule has 1 N–H and O–H groups in total. The molecule has 1 aromatic heterocycles. The Bertz CT molecular complexity index is 899. The molecule has 1 saturated heterocycles. The van der Waals surface area contributed by atoms with E-state index in [1.54, 1.807) is 11.8 Å². The number of nitrogens with zero attached hydrogens (tertiary/aromatic N) is 3. The number of ether oxygens (including phenoxy) is 1. The van der Waals surface area contributed by atoms with Crippen molar-refractivity contribution < 1.29 is 18.3 Å². The highest BCUT2D eigenvalue weighted by Gasteiger charge is 2.31. The van der Waals surface area contributed by atoms with E-state index in [9.17, 15) is 13.6 Å². The van der Waals surface area contributed by atoms with Crippen LogP contribution in [0, 0.1) is 6.92 Å². The van der Waals surface area contributed by atoms with Gasteiger partial charge in [0.25, 0.3) is 0 Å². The van der Waals surface area contributed by atoms with Gasteiger partial charge in [0.05, 0.1) is 6.20 Å². The number of rotatable bonds is 6. The van der Waals surface area contributed by atoms with Crippen molar-refractivity contribution >= 4 is 17.4 Å². The van der Waals surface area contributed by atoms with Crippen LogP contribution in [-0.4, -0.2) is 48.7 Å². The van der Waals surface area contributed by atoms with Crippen molar-refractivity contribution in [1.29, 1.82) is 0 Å². The minimum atomic E-state index is -3.00. The molecule has 3 rings (SSSR count). The molecule has 6 nitrogen and oxygen atoms in total. The zero-order valence-corrected chi connectivity index (χ0v) is 18.4. The van der Waals surface area contributed by atoms with Crippen LogP contribution >= 0.6 is 0 Å². The molecule has 0 spiro atoms. The van der Waals surface area contributed by atoms with Gasteiger partial charge in [-0.3, -0.25) is 9.88 Å². The van der Waals surface area contributed by atoms with E-state index in [0.717, 1.165) is 37.2 Å². The summed E-state index contributed by atoms with van der Waals surface area (Å²) in [6, 6.07) is 8.84. The molecule has 168 valence electrons. The van der Waals surface area contributed by atoms with Crippen LogP contribution in [0.2, 0.25) is 0 Å². The van der Waals surface area contributed by atoms with Gasteiger partial charge < -0.3 is 15.0 Å². The molecule has 1 aliphatic rings. The first-order chi connectivity index (χ1) is 14.8. The van der Waals surface area contributed by atoms with Crippen molar-refractivity contribution in [3.05, 3.63) is 47.8 Å². The molecule has 0 unspecified atom stereocenters. The number of urea groups is 1. The van der Waals surface area contributed by atoms with Gasteiger partial charge in [-0.05, 0) is 57.5 Å². The van der Waals surface area contributed by atoms with Gasteiger partial charge >= 0.3 is 12.6 Å². The van der Waals surface area contributed by atoms with E-state index in [0.29, 0.717) is 5.69 Å². The minimum Gasteiger partial charge on any atom is -0.432 e. The quantitative estimate of drug-likeness (QED) is 0.678. The number of likely N-dealkylation sites (tertiary alicyclic amines) is 1. The average molecular weight is 433 g/mol. The number of carbonyl (C=O) groups excluding carboxylic acids is 1. The summed E-state index contributed by atoms with van der Waals surface area (Å²) in [5, 5.41) is 2.77. The van der Waals surface area contributed by atoms with E-state index in [1.807, 2.05) is 24.3 Å². The summed E-state index contributed by atoms with van der Waals surface area (Å²) in [7, 11) is 2.06. The Morgan fingerprint density at radius 3 is 2.58 bits per heavy atom. The summed E-state index contributed by atoms with van der Waals surface area (Å²) in [6.07, 6.45) is 3.00. The number of amides is 2. The number of aromatic nitrogens is 1. The first-order valence-corrected chi connectivity index (χ1v) is 10.6. The van der Waals surface area contributed by atoms with Gasteiger partial charge in [-0.15, -0.1) is 0 Å². The Labute approximate surface area is 182 Å². The summed E-state index contributed by atoms with van der Waals surface area (Å²) in [5.74, 6) is 0.118. The fourth-order valence-electron chi connectivity index (χ4n) is 3.92. The molecule has 8 heteroatoms. The van der Waals surface area contributed by atoms with Crippen molar-refractivity contribution in [2.24, 2.45) is 0 Å². The van der Waals surface area contributed by atoms with Crippen molar-refractivity contribution in [3.8, 4) is 5.75 Å². The molecular weight excluding hydrogens is 402 g/mol. The van der Waals surface area contributed by atoms with Crippen molar-refractivity contribution in [3.63, 3.8) is 0 Å². The van der Waals surface area contributed by atoms with Crippen LogP contribution in [0.1, 0.15) is 43.9 Å². The van der Waals surface area contributed by atoms with Crippen LogP contribution in [0.3, 0.4) is 0 Å². The van der Waals surface area contributed by atoms with Crippen LogP contribution in [0.25, 0.3) is 0 Å². The summed E-state index contributed by atoms with van der Waals surface area (Å²) < 4.78 is 30.4. The van der Waals surface area contributed by atoms with Crippen LogP contribution in [0.15, 0.2) is 36.5 Å². The maximum Gasteiger partial charge on any atom is 0.387 e. The molecule has 0 saturated carbocycles. The summed E-state index contributed by atoms with van der Waals surface area (Å²) >= 11 is 0. The SMILES string of the molecule is Cc1cc(OC(F)F)c(NC(=O)N(c2ccccc2C(C)C)C2CCN(C)CC2)cn1. The number of hydrogen-bond donors (Lipinski definition) is 1. The zero-order valence-electron chi connectivity index (χ0n) is 18.4. The first kappa shape index (κ1) is 22.9. The van der Waals surface area contributed by atoms with Gasteiger partial charge in [0.15, 0.2) is 5.75 Å². The Balaban J connectivity index is 1.96. The fraction of sp³-hybridized carbons (Fsp3) is 0.478. The topological polar surface area (TPSA) is 57.7 Å². The van der Waals surface area contributed by atoms with Gasteiger partial charge in [0.2, 0.25) is 0 Å². The molecular formula is C23H30F2N4O2. The van der Waals surface area contributed by atoms with E-state index >= 15 is 0 Å². The number of pyridine rings is 1. The lowest BCUT2D eigenvalue weighted by Crippen LogP contribution is -2.48. The highest BCUT2D eigenvalue weighted by atomic mass is 19.3. The molecule has 31 heavy (non-hydrogen) atoms. The molecule has 0 bridgehead atoms. The highest BCUT2D eigenvalue weighted by Crippen LogP contribution is 2.33. The Morgan fingerprint density at radius 2 is 1.94 bits per heavy atom. The third-order valence-electron chi connectivity index (χ3n) is 5.55. The summed E-state index contributed by atoms with van der Waals surface area (Å²) in [5.41, 5.74) is 2.53. The average Bonchev–Trinajstić information content (AvgIpc) is 2.71. The molecule has 1 fully saturated rings. The first-order valence-electron chi connectivity index (χ1n) is 10.6. The zero-order chi connectivity index (χ0) is 22.5. The number of benzene rings is 1. The van der Waals surface area contributed by atoms with Crippen molar-refractivity contribution in [1.82, 2.24) is 9.88 Å². The number of para-hydroxylation sites is 1. The molecule has 2 aromatic rings.